The van der Waals surface area contributed by atoms with Crippen LogP contribution < -0.4 is 14.9 Å². The Labute approximate surface area is 159 Å². The molecule has 0 unspecified atom stereocenters. The van der Waals surface area contributed by atoms with Gasteiger partial charge in [-0.15, -0.1) is 0 Å². The van der Waals surface area contributed by atoms with Crippen LogP contribution in [0.5, 0.6) is 0 Å². The van der Waals surface area contributed by atoms with Gasteiger partial charge in [0.15, 0.2) is 6.54 Å². The number of quaternary nitrogens is 1. The number of hydrogen-bond donors (Lipinski definition) is 3. The fourth-order valence-electron chi connectivity index (χ4n) is 3.24. The van der Waals surface area contributed by atoms with E-state index in [2.05, 4.69) is 10.0 Å². The van der Waals surface area contributed by atoms with E-state index in [4.69, 9.17) is 4.42 Å². The Hall–Kier alpha value is -2.16. The summed E-state index contributed by atoms with van der Waals surface area (Å²) in [6, 6.07) is 9.69. The molecule has 1 aromatic heterocycles. The minimum atomic E-state index is -3.69. The summed E-state index contributed by atoms with van der Waals surface area (Å²) < 4.78 is 32.5. The van der Waals surface area contributed by atoms with Crippen LogP contribution in [0.3, 0.4) is 0 Å². The van der Waals surface area contributed by atoms with Crippen LogP contribution in [0, 0.1) is 0 Å². The lowest BCUT2D eigenvalue weighted by molar-refractivity contribution is -0.890. The Morgan fingerprint density at radius 3 is 2.56 bits per heavy atom. The fraction of sp³-hybridized carbons (Fsp3) is 0.421. The molecule has 1 saturated heterocycles. The molecule has 146 valence electrons. The quantitative estimate of drug-likeness (QED) is 0.659. The van der Waals surface area contributed by atoms with Gasteiger partial charge in [0.25, 0.3) is 5.91 Å². The number of carbonyl (C=O) groups is 1. The average Bonchev–Trinajstić information content (AvgIpc) is 3.04. The predicted molar refractivity (Wildman–Crippen MR) is 102 cm³/mol. The summed E-state index contributed by atoms with van der Waals surface area (Å²) in [5.74, 6) is 0.438. The van der Waals surface area contributed by atoms with E-state index in [0.29, 0.717) is 18.0 Å². The van der Waals surface area contributed by atoms with Gasteiger partial charge in [0, 0.05) is 5.69 Å². The van der Waals surface area contributed by atoms with Gasteiger partial charge in [-0.2, -0.15) is 0 Å². The Morgan fingerprint density at radius 1 is 1.07 bits per heavy atom. The van der Waals surface area contributed by atoms with E-state index in [1.54, 1.807) is 24.3 Å². The molecule has 3 N–H and O–H groups in total. The van der Waals surface area contributed by atoms with Gasteiger partial charge in [0.05, 0.1) is 30.8 Å². The van der Waals surface area contributed by atoms with Crippen molar-refractivity contribution >= 4 is 21.6 Å². The molecule has 1 aliphatic heterocycles. The van der Waals surface area contributed by atoms with Gasteiger partial charge in [0.1, 0.15) is 5.76 Å². The van der Waals surface area contributed by atoms with Crippen LogP contribution in [0.25, 0.3) is 0 Å². The van der Waals surface area contributed by atoms with Gasteiger partial charge in [-0.05, 0) is 56.0 Å². The first-order valence-corrected chi connectivity index (χ1v) is 10.8. The van der Waals surface area contributed by atoms with E-state index in [1.165, 1.54) is 36.1 Å². The van der Waals surface area contributed by atoms with Crippen LogP contribution in [-0.4, -0.2) is 34.0 Å². The van der Waals surface area contributed by atoms with Crippen molar-refractivity contribution in [2.45, 2.75) is 37.1 Å². The lowest BCUT2D eigenvalue weighted by Gasteiger charge is -2.16. The molecule has 7 nitrogen and oxygen atoms in total. The van der Waals surface area contributed by atoms with Crippen molar-refractivity contribution in [3.8, 4) is 0 Å². The van der Waals surface area contributed by atoms with E-state index in [0.717, 1.165) is 25.9 Å². The molecule has 8 heteroatoms. The SMILES string of the molecule is O=C(C[NH+]1CCCCCC1)Nc1cccc(S(=O)(=O)NCc2ccco2)c1. The summed E-state index contributed by atoms with van der Waals surface area (Å²) in [6.45, 7) is 2.51. The first-order valence-electron chi connectivity index (χ1n) is 9.28. The number of sulfonamides is 1. The van der Waals surface area contributed by atoms with Crippen LogP contribution in [0.15, 0.2) is 52.0 Å². The second-order valence-corrected chi connectivity index (χ2v) is 8.59. The van der Waals surface area contributed by atoms with E-state index >= 15 is 0 Å². The highest BCUT2D eigenvalue weighted by molar-refractivity contribution is 7.89. The summed E-state index contributed by atoms with van der Waals surface area (Å²) in [5, 5.41) is 2.82. The van der Waals surface area contributed by atoms with Crippen LogP contribution >= 0.6 is 0 Å². The smallest absolute Gasteiger partial charge is 0.279 e. The molecular formula is C19H26N3O4S+. The van der Waals surface area contributed by atoms with Gasteiger partial charge in [-0.25, -0.2) is 13.1 Å². The van der Waals surface area contributed by atoms with Crippen molar-refractivity contribution in [3.63, 3.8) is 0 Å². The van der Waals surface area contributed by atoms with Crippen LogP contribution in [-0.2, 0) is 21.4 Å². The standard InChI is InChI=1S/C19H25N3O4S/c23-19(15-22-10-3-1-2-4-11-22)21-16-7-5-9-18(13-16)27(24,25)20-14-17-8-6-12-26-17/h5-9,12-13,20H,1-4,10-11,14-15H2,(H,21,23)/p+1. The summed E-state index contributed by atoms with van der Waals surface area (Å²) in [7, 11) is -3.69. The van der Waals surface area contributed by atoms with E-state index < -0.39 is 10.0 Å². The van der Waals surface area contributed by atoms with Crippen LogP contribution in [0.1, 0.15) is 31.4 Å². The minimum Gasteiger partial charge on any atom is -0.468 e. The third kappa shape index (κ3) is 5.92. The third-order valence-corrected chi connectivity index (χ3v) is 6.06. The summed E-state index contributed by atoms with van der Waals surface area (Å²) in [6.07, 6.45) is 6.26. The summed E-state index contributed by atoms with van der Waals surface area (Å²) in [4.78, 5) is 13.7. The molecular weight excluding hydrogens is 366 g/mol. The Morgan fingerprint density at radius 2 is 1.85 bits per heavy atom. The first-order chi connectivity index (χ1) is 13.0. The summed E-state index contributed by atoms with van der Waals surface area (Å²) >= 11 is 0. The lowest BCUT2D eigenvalue weighted by atomic mass is 10.2. The van der Waals surface area contributed by atoms with Crippen molar-refractivity contribution in [1.82, 2.24) is 4.72 Å². The Bertz CT molecular complexity index is 842. The molecule has 27 heavy (non-hydrogen) atoms. The zero-order valence-corrected chi connectivity index (χ0v) is 16.1. The fourth-order valence-corrected chi connectivity index (χ4v) is 4.28. The maximum absolute atomic E-state index is 12.5. The number of amides is 1. The highest BCUT2D eigenvalue weighted by atomic mass is 32.2. The zero-order chi connectivity index (χ0) is 19.1. The maximum atomic E-state index is 12.5. The molecule has 2 aromatic rings. The van der Waals surface area contributed by atoms with Gasteiger partial charge in [-0.3, -0.25) is 4.79 Å². The van der Waals surface area contributed by atoms with Gasteiger partial charge in [0.2, 0.25) is 10.0 Å². The molecule has 0 bridgehead atoms. The molecule has 0 spiro atoms. The minimum absolute atomic E-state index is 0.0737. The number of likely N-dealkylation sites (tertiary alicyclic amines) is 1. The molecule has 0 radical (unpaired) electrons. The molecule has 0 aliphatic carbocycles. The number of furan rings is 1. The van der Waals surface area contributed by atoms with Crippen LogP contribution in [0.2, 0.25) is 0 Å². The average molecular weight is 393 g/mol. The predicted octanol–water partition coefficient (Wildman–Crippen LogP) is 1.16. The normalized spacial score (nSPS) is 16.0. The molecule has 0 saturated carbocycles. The monoisotopic (exact) mass is 392 g/mol. The van der Waals surface area contributed by atoms with Crippen molar-refractivity contribution in [2.75, 3.05) is 25.0 Å². The van der Waals surface area contributed by atoms with Crippen molar-refractivity contribution in [1.29, 1.82) is 0 Å². The molecule has 3 rings (SSSR count). The molecule has 2 heterocycles. The first kappa shape index (κ1) is 19.6. The second-order valence-electron chi connectivity index (χ2n) is 6.82. The second kappa shape index (κ2) is 9.16. The highest BCUT2D eigenvalue weighted by Gasteiger charge is 2.18. The largest absolute Gasteiger partial charge is 0.468 e. The van der Waals surface area contributed by atoms with Crippen LogP contribution in [0.4, 0.5) is 5.69 Å². The highest BCUT2D eigenvalue weighted by Crippen LogP contribution is 2.16. The van der Waals surface area contributed by atoms with Gasteiger partial charge >= 0.3 is 0 Å². The van der Waals surface area contributed by atoms with Crippen molar-refractivity contribution < 1.29 is 22.5 Å². The third-order valence-electron chi connectivity index (χ3n) is 4.67. The molecule has 0 atom stereocenters. The number of anilines is 1. The van der Waals surface area contributed by atoms with E-state index in [9.17, 15) is 13.2 Å². The molecule has 1 fully saturated rings. The molecule has 1 aromatic carbocycles. The molecule has 1 aliphatic rings. The Balaban J connectivity index is 1.59. The zero-order valence-electron chi connectivity index (χ0n) is 15.2. The number of rotatable bonds is 7. The maximum Gasteiger partial charge on any atom is 0.279 e. The lowest BCUT2D eigenvalue weighted by Crippen LogP contribution is -3.12. The van der Waals surface area contributed by atoms with Crippen molar-refractivity contribution in [3.05, 3.63) is 48.4 Å². The van der Waals surface area contributed by atoms with Gasteiger partial charge in [-0.1, -0.05) is 6.07 Å². The number of nitrogens with one attached hydrogen (secondary N) is 3. The Kier molecular flexibility index (Phi) is 6.65. The van der Waals surface area contributed by atoms with E-state index in [-0.39, 0.29) is 17.3 Å². The van der Waals surface area contributed by atoms with E-state index in [1.807, 2.05) is 0 Å². The number of carbonyl (C=O) groups excluding carboxylic acids is 1. The number of benzene rings is 1. The topological polar surface area (TPSA) is 92.9 Å². The molecule has 1 amide bonds. The van der Waals surface area contributed by atoms with Crippen molar-refractivity contribution in [2.24, 2.45) is 0 Å². The summed E-state index contributed by atoms with van der Waals surface area (Å²) in [5.41, 5.74) is 0.482. The number of hydrogen-bond acceptors (Lipinski definition) is 4. The van der Waals surface area contributed by atoms with Gasteiger partial charge < -0.3 is 14.6 Å².